The molecule has 61 heavy (non-hydrogen) atoms. The molecule has 7 amide bonds. The van der Waals surface area contributed by atoms with Crippen LogP contribution in [0.2, 0.25) is 0 Å². The molecule has 0 saturated heterocycles. The van der Waals surface area contributed by atoms with E-state index in [2.05, 4.69) is 47.2 Å². The fraction of sp³-hybridized carbons (Fsp3) is 0.692. The Morgan fingerprint density at radius 2 is 1.11 bits per heavy atom. The van der Waals surface area contributed by atoms with Crippen LogP contribution < -0.4 is 43.0 Å². The van der Waals surface area contributed by atoms with E-state index in [0.717, 1.165) is 0 Å². The summed E-state index contributed by atoms with van der Waals surface area (Å²) in [6, 6.07) is -10.5. The Labute approximate surface area is 355 Å². The summed E-state index contributed by atoms with van der Waals surface area (Å²) in [7, 11) is 0. The number of aliphatic carboxylic acids is 2. The van der Waals surface area contributed by atoms with E-state index in [4.69, 9.17) is 5.73 Å². The highest BCUT2D eigenvalue weighted by atomic mass is 16.4. The number of nitrogens with zero attached hydrogens (tertiary/aromatic N) is 1. The molecule has 13 N–H and O–H groups in total. The van der Waals surface area contributed by atoms with Crippen molar-refractivity contribution in [3.8, 4) is 0 Å². The van der Waals surface area contributed by atoms with Crippen LogP contribution in [0, 0.1) is 17.8 Å². The molecule has 0 radical (unpaired) electrons. The lowest BCUT2D eigenvalue weighted by atomic mass is 9.96. The maximum Gasteiger partial charge on any atom is 0.326 e. The highest BCUT2D eigenvalue weighted by Gasteiger charge is 2.36. The first kappa shape index (κ1) is 53.4. The second-order valence-electron chi connectivity index (χ2n) is 16.2. The van der Waals surface area contributed by atoms with Gasteiger partial charge in [-0.3, -0.25) is 38.4 Å². The topological polar surface area (TPSA) is 353 Å². The molecule has 0 aromatic carbocycles. The number of hydrogen-bond donors (Lipinski definition) is 12. The molecular formula is C39H66N10O12. The van der Waals surface area contributed by atoms with Gasteiger partial charge in [0, 0.05) is 24.7 Å². The van der Waals surface area contributed by atoms with Gasteiger partial charge in [0.2, 0.25) is 41.4 Å². The standard InChI is InChI=1S/C39H66N10O12/c1-10-20(6)30(37(58)46-27(13-18(2)3)36(57)49-31(23(9)50)38(59)47-28(39(60)61)14-19(4)5)48-35(56)26(11-12-29(51)52)45-33(54)22(8)43-32(53)21(7)44-34(55)25(40)15-24-16-41-17-42-24/h16-23,25-28,30-31,50H,10-15,40H2,1-9H3,(H,41,42)(H,43,53)(H,44,55)(H,45,54)(H,46,58)(H,47,59)(H,48,56)(H,49,57)(H,51,52)(H,60,61)/t20-,21-,22-,23+,25-,26-,27-,28-,30-,31-/m0/s1. The average Bonchev–Trinajstić information content (AvgIpc) is 3.68. The van der Waals surface area contributed by atoms with Crippen LogP contribution in [0.1, 0.15) is 100 Å². The Hall–Kier alpha value is -5.64. The van der Waals surface area contributed by atoms with E-state index in [0.29, 0.717) is 12.1 Å². The summed E-state index contributed by atoms with van der Waals surface area (Å²) in [5.41, 5.74) is 6.53. The molecule has 22 nitrogen and oxygen atoms in total. The molecule has 10 atom stereocenters. The Bertz CT molecular complexity index is 1650. The number of aliphatic hydroxyl groups is 1. The van der Waals surface area contributed by atoms with E-state index >= 15 is 0 Å². The van der Waals surface area contributed by atoms with Crippen molar-refractivity contribution in [3.05, 3.63) is 18.2 Å². The minimum absolute atomic E-state index is 0.0409. The second kappa shape index (κ2) is 25.9. The number of hydrogen-bond acceptors (Lipinski definition) is 12. The fourth-order valence-corrected chi connectivity index (χ4v) is 5.88. The summed E-state index contributed by atoms with van der Waals surface area (Å²) < 4.78 is 0. The number of carboxylic acids is 2. The molecule has 1 rings (SSSR count). The van der Waals surface area contributed by atoms with Crippen LogP contribution in [0.15, 0.2) is 12.5 Å². The number of rotatable bonds is 27. The molecule has 0 aliphatic heterocycles. The lowest BCUT2D eigenvalue weighted by Crippen LogP contribution is -2.62. The quantitative estimate of drug-likeness (QED) is 0.0464. The van der Waals surface area contributed by atoms with Crippen LogP contribution in [-0.2, 0) is 49.6 Å². The van der Waals surface area contributed by atoms with Crippen molar-refractivity contribution in [2.75, 3.05) is 0 Å². The summed E-state index contributed by atoms with van der Waals surface area (Å²) >= 11 is 0. The van der Waals surface area contributed by atoms with E-state index in [-0.39, 0.29) is 31.1 Å². The lowest BCUT2D eigenvalue weighted by molar-refractivity contribution is -0.143. The zero-order valence-electron chi connectivity index (χ0n) is 36.4. The number of nitrogens with two attached hydrogens (primary N) is 1. The number of carbonyl (C=O) groups excluding carboxylic acids is 7. The van der Waals surface area contributed by atoms with Gasteiger partial charge >= 0.3 is 11.9 Å². The zero-order chi connectivity index (χ0) is 46.7. The van der Waals surface area contributed by atoms with Gasteiger partial charge in [0.25, 0.3) is 0 Å². The molecule has 1 aromatic rings. The molecule has 0 aliphatic rings. The highest BCUT2D eigenvalue weighted by molar-refractivity contribution is 5.97. The average molecular weight is 867 g/mol. The van der Waals surface area contributed by atoms with Gasteiger partial charge in [-0.2, -0.15) is 0 Å². The maximum atomic E-state index is 13.9. The fourth-order valence-electron chi connectivity index (χ4n) is 5.88. The Balaban J connectivity index is 3.17. The smallest absolute Gasteiger partial charge is 0.326 e. The Morgan fingerprint density at radius 1 is 0.639 bits per heavy atom. The van der Waals surface area contributed by atoms with Gasteiger partial charge in [-0.25, -0.2) is 9.78 Å². The van der Waals surface area contributed by atoms with Gasteiger partial charge in [-0.1, -0.05) is 48.0 Å². The van der Waals surface area contributed by atoms with E-state index in [1.165, 1.54) is 33.3 Å². The molecule has 0 spiro atoms. The first-order valence-electron chi connectivity index (χ1n) is 20.4. The summed E-state index contributed by atoms with van der Waals surface area (Å²) in [5.74, 6) is -9.35. The van der Waals surface area contributed by atoms with Crippen molar-refractivity contribution >= 4 is 53.3 Å². The van der Waals surface area contributed by atoms with Crippen molar-refractivity contribution in [2.45, 2.75) is 155 Å². The molecule has 1 heterocycles. The maximum absolute atomic E-state index is 13.9. The number of amides is 7. The van der Waals surface area contributed by atoms with Crippen LogP contribution in [0.4, 0.5) is 0 Å². The largest absolute Gasteiger partial charge is 0.481 e. The predicted molar refractivity (Wildman–Crippen MR) is 220 cm³/mol. The van der Waals surface area contributed by atoms with Crippen molar-refractivity contribution in [1.29, 1.82) is 0 Å². The molecule has 0 aliphatic carbocycles. The molecule has 22 heteroatoms. The Morgan fingerprint density at radius 3 is 1.61 bits per heavy atom. The van der Waals surface area contributed by atoms with E-state index in [1.54, 1.807) is 41.5 Å². The first-order valence-corrected chi connectivity index (χ1v) is 20.4. The number of imidazole rings is 1. The molecule has 0 bridgehead atoms. The van der Waals surface area contributed by atoms with Crippen molar-refractivity contribution in [3.63, 3.8) is 0 Å². The SMILES string of the molecule is CC[C@H](C)[C@H](NC(=O)[C@H](CCC(=O)O)NC(=O)[C@H](C)NC(=O)[C@H](C)NC(=O)[C@@H](N)Cc1cnc[nH]1)C(=O)N[C@@H](CC(C)C)C(=O)N[C@H](C(=O)N[C@@H](CC(C)C)C(=O)O)[C@@H](C)O. The number of aromatic nitrogens is 2. The highest BCUT2D eigenvalue weighted by Crippen LogP contribution is 2.13. The van der Waals surface area contributed by atoms with Crippen LogP contribution in [0.5, 0.6) is 0 Å². The molecule has 0 fully saturated rings. The summed E-state index contributed by atoms with van der Waals surface area (Å²) in [4.78, 5) is 123. The molecule has 0 unspecified atom stereocenters. The van der Waals surface area contributed by atoms with Crippen LogP contribution in [0.25, 0.3) is 0 Å². The number of carboxylic acid groups (broad SMARTS) is 2. The summed E-state index contributed by atoms with van der Waals surface area (Å²) in [6.45, 7) is 14.3. The van der Waals surface area contributed by atoms with Crippen LogP contribution in [0.3, 0.4) is 0 Å². The third kappa shape index (κ3) is 19.1. The van der Waals surface area contributed by atoms with Gasteiger partial charge in [-0.15, -0.1) is 0 Å². The van der Waals surface area contributed by atoms with Crippen LogP contribution in [-0.4, -0.2) is 133 Å². The van der Waals surface area contributed by atoms with E-state index in [9.17, 15) is 58.5 Å². The molecule has 344 valence electrons. The van der Waals surface area contributed by atoms with Gasteiger partial charge < -0.3 is 63.3 Å². The number of aliphatic hydroxyl groups excluding tert-OH is 1. The van der Waals surface area contributed by atoms with Crippen molar-refractivity contribution in [1.82, 2.24) is 47.2 Å². The first-order chi connectivity index (χ1) is 28.4. The van der Waals surface area contributed by atoms with Crippen molar-refractivity contribution in [2.24, 2.45) is 23.5 Å². The minimum atomic E-state index is -1.60. The minimum Gasteiger partial charge on any atom is -0.481 e. The monoisotopic (exact) mass is 866 g/mol. The molecular weight excluding hydrogens is 800 g/mol. The second-order valence-corrected chi connectivity index (χ2v) is 16.2. The zero-order valence-corrected chi connectivity index (χ0v) is 36.4. The number of carbonyl (C=O) groups is 9. The normalized spacial score (nSPS) is 16.2. The van der Waals surface area contributed by atoms with Gasteiger partial charge in [0.05, 0.1) is 18.5 Å². The van der Waals surface area contributed by atoms with E-state index < -0.39 is 126 Å². The lowest BCUT2D eigenvalue weighted by Gasteiger charge is -2.30. The van der Waals surface area contributed by atoms with Gasteiger partial charge in [0.15, 0.2) is 0 Å². The van der Waals surface area contributed by atoms with Crippen LogP contribution >= 0.6 is 0 Å². The van der Waals surface area contributed by atoms with E-state index in [1.807, 2.05) is 0 Å². The third-order valence-corrected chi connectivity index (χ3v) is 9.63. The summed E-state index contributed by atoms with van der Waals surface area (Å²) in [5, 5.41) is 46.6. The number of H-pyrrole nitrogens is 1. The molecule has 1 aromatic heterocycles. The Kier molecular flexibility index (Phi) is 22.6. The summed E-state index contributed by atoms with van der Waals surface area (Å²) in [6.07, 6.45) is 1.04. The number of nitrogens with one attached hydrogen (secondary N) is 8. The van der Waals surface area contributed by atoms with Gasteiger partial charge in [0.1, 0.15) is 42.3 Å². The molecule has 0 saturated carbocycles. The predicted octanol–water partition coefficient (Wildman–Crippen LogP) is -1.82. The third-order valence-electron chi connectivity index (χ3n) is 9.63. The van der Waals surface area contributed by atoms with Gasteiger partial charge in [-0.05, 0) is 57.8 Å². The van der Waals surface area contributed by atoms with Crippen molar-refractivity contribution < 1.29 is 58.5 Å². The number of aromatic amines is 1.